The van der Waals surface area contributed by atoms with Crippen LogP contribution in [0.3, 0.4) is 0 Å². The molecule has 0 aliphatic carbocycles. The highest BCUT2D eigenvalue weighted by Crippen LogP contribution is 2.13. The van der Waals surface area contributed by atoms with Crippen LogP contribution >= 0.6 is 0 Å². The Morgan fingerprint density at radius 2 is 2.08 bits per heavy atom. The quantitative estimate of drug-likeness (QED) is 0.637. The average molecular weight is 200 g/mol. The Kier molecular flexibility index (Phi) is 4.71. The van der Waals surface area contributed by atoms with E-state index in [-0.39, 0.29) is 0 Å². The van der Waals surface area contributed by atoms with Gasteiger partial charge >= 0.3 is 6.18 Å². The minimum Gasteiger partial charge on any atom is -0.309 e. The van der Waals surface area contributed by atoms with Crippen LogP contribution in [0.15, 0.2) is 0 Å². The largest absolute Gasteiger partial charge is 0.414 e. The SMILES string of the molecule is CNC(C)C(=O)NOCC(F)(F)F. The Labute approximate surface area is 73.4 Å². The summed E-state index contributed by atoms with van der Waals surface area (Å²) in [6.07, 6.45) is -4.43. The maximum atomic E-state index is 11.5. The van der Waals surface area contributed by atoms with Crippen LogP contribution in [0.5, 0.6) is 0 Å². The molecule has 0 aliphatic rings. The molecule has 0 heterocycles. The van der Waals surface area contributed by atoms with Crippen molar-refractivity contribution in [2.24, 2.45) is 0 Å². The van der Waals surface area contributed by atoms with Crippen LogP contribution in [0.25, 0.3) is 0 Å². The zero-order valence-corrected chi connectivity index (χ0v) is 7.23. The molecule has 4 nitrogen and oxygen atoms in total. The maximum Gasteiger partial charge on any atom is 0.414 e. The van der Waals surface area contributed by atoms with Crippen LogP contribution in [0, 0.1) is 0 Å². The fourth-order valence-electron chi connectivity index (χ4n) is 0.409. The molecule has 0 fully saturated rings. The van der Waals surface area contributed by atoms with Crippen molar-refractivity contribution in [1.29, 1.82) is 0 Å². The Bertz CT molecular complexity index is 172. The van der Waals surface area contributed by atoms with Gasteiger partial charge in [0.15, 0.2) is 6.61 Å². The van der Waals surface area contributed by atoms with Crippen molar-refractivity contribution in [3.05, 3.63) is 0 Å². The Morgan fingerprint density at radius 3 is 2.46 bits per heavy atom. The molecular weight excluding hydrogens is 189 g/mol. The first-order valence-electron chi connectivity index (χ1n) is 3.52. The zero-order valence-electron chi connectivity index (χ0n) is 7.23. The number of likely N-dealkylation sites (N-methyl/N-ethyl adjacent to an activating group) is 1. The van der Waals surface area contributed by atoms with E-state index in [1.165, 1.54) is 14.0 Å². The van der Waals surface area contributed by atoms with Gasteiger partial charge in [0.05, 0.1) is 6.04 Å². The molecule has 0 aromatic heterocycles. The van der Waals surface area contributed by atoms with Crippen molar-refractivity contribution in [1.82, 2.24) is 10.8 Å². The van der Waals surface area contributed by atoms with Crippen LogP contribution in [-0.4, -0.2) is 31.8 Å². The van der Waals surface area contributed by atoms with Gasteiger partial charge in [-0.15, -0.1) is 0 Å². The molecule has 0 aromatic rings. The lowest BCUT2D eigenvalue weighted by atomic mass is 10.3. The van der Waals surface area contributed by atoms with Gasteiger partial charge in [0, 0.05) is 0 Å². The van der Waals surface area contributed by atoms with Gasteiger partial charge in [0.1, 0.15) is 0 Å². The second kappa shape index (κ2) is 5.03. The number of carbonyl (C=O) groups is 1. The monoisotopic (exact) mass is 200 g/mol. The van der Waals surface area contributed by atoms with Crippen molar-refractivity contribution >= 4 is 5.91 Å². The molecule has 0 saturated carbocycles. The normalized spacial score (nSPS) is 13.9. The van der Waals surface area contributed by atoms with Crippen molar-refractivity contribution in [2.75, 3.05) is 13.7 Å². The standard InChI is InChI=1S/C6H11F3N2O2/c1-4(10-2)5(12)11-13-3-6(7,8)9/h4,10H,3H2,1-2H3,(H,11,12). The van der Waals surface area contributed by atoms with Crippen LogP contribution in [0.4, 0.5) is 13.2 Å². The smallest absolute Gasteiger partial charge is 0.309 e. The lowest BCUT2D eigenvalue weighted by Crippen LogP contribution is -2.41. The highest BCUT2D eigenvalue weighted by Gasteiger charge is 2.28. The van der Waals surface area contributed by atoms with E-state index in [4.69, 9.17) is 0 Å². The summed E-state index contributed by atoms with van der Waals surface area (Å²) in [7, 11) is 1.51. The number of rotatable bonds is 4. The first kappa shape index (κ1) is 12.2. The fourth-order valence-corrected chi connectivity index (χ4v) is 0.409. The summed E-state index contributed by atoms with van der Waals surface area (Å²) in [5.41, 5.74) is 1.67. The molecule has 13 heavy (non-hydrogen) atoms. The second-order valence-corrected chi connectivity index (χ2v) is 2.38. The van der Waals surface area contributed by atoms with E-state index >= 15 is 0 Å². The topological polar surface area (TPSA) is 50.4 Å². The summed E-state index contributed by atoms with van der Waals surface area (Å²) >= 11 is 0. The molecule has 0 aliphatic heterocycles. The number of nitrogens with one attached hydrogen (secondary N) is 2. The van der Waals surface area contributed by atoms with Crippen LogP contribution in [0.1, 0.15) is 6.92 Å². The minimum absolute atomic E-state index is 0.590. The van der Waals surface area contributed by atoms with E-state index in [1.807, 2.05) is 0 Å². The third kappa shape index (κ3) is 6.35. The summed E-state index contributed by atoms with van der Waals surface area (Å²) in [5, 5.41) is 2.54. The number of hydroxylamine groups is 1. The van der Waals surface area contributed by atoms with Crippen LogP contribution in [0.2, 0.25) is 0 Å². The van der Waals surface area contributed by atoms with Gasteiger partial charge in [0.2, 0.25) is 0 Å². The van der Waals surface area contributed by atoms with Crippen molar-refractivity contribution in [2.45, 2.75) is 19.1 Å². The molecule has 1 unspecified atom stereocenters. The van der Waals surface area contributed by atoms with Crippen LogP contribution in [-0.2, 0) is 9.63 Å². The molecular formula is C6H11F3N2O2. The molecule has 0 spiro atoms. The molecule has 7 heteroatoms. The minimum atomic E-state index is -4.43. The van der Waals surface area contributed by atoms with Gasteiger partial charge in [-0.2, -0.15) is 13.2 Å². The summed E-state index contributed by atoms with van der Waals surface area (Å²) in [6.45, 7) is 0.00144. The Hall–Kier alpha value is -0.820. The first-order valence-corrected chi connectivity index (χ1v) is 3.52. The first-order chi connectivity index (χ1) is 5.87. The Balaban J connectivity index is 3.60. The summed E-state index contributed by atoms with van der Waals surface area (Å²) < 4.78 is 34.5. The van der Waals surface area contributed by atoms with Gasteiger partial charge in [-0.3, -0.25) is 9.63 Å². The lowest BCUT2D eigenvalue weighted by molar-refractivity contribution is -0.192. The van der Waals surface area contributed by atoms with E-state index in [1.54, 1.807) is 5.48 Å². The third-order valence-electron chi connectivity index (χ3n) is 1.23. The number of halogens is 3. The van der Waals surface area contributed by atoms with Gasteiger partial charge in [0.25, 0.3) is 5.91 Å². The van der Waals surface area contributed by atoms with Gasteiger partial charge in [-0.25, -0.2) is 5.48 Å². The van der Waals surface area contributed by atoms with E-state index < -0.39 is 24.7 Å². The predicted molar refractivity (Wildman–Crippen MR) is 38.7 cm³/mol. The molecule has 78 valence electrons. The maximum absolute atomic E-state index is 11.5. The summed E-state index contributed by atoms with van der Waals surface area (Å²) in [6, 6.07) is -0.590. The highest BCUT2D eigenvalue weighted by atomic mass is 19.4. The molecule has 0 aromatic carbocycles. The van der Waals surface area contributed by atoms with Gasteiger partial charge < -0.3 is 5.32 Å². The molecule has 0 rings (SSSR count). The van der Waals surface area contributed by atoms with Gasteiger partial charge in [-0.05, 0) is 14.0 Å². The van der Waals surface area contributed by atoms with Crippen LogP contribution < -0.4 is 10.8 Å². The highest BCUT2D eigenvalue weighted by molar-refractivity contribution is 5.80. The molecule has 1 amide bonds. The molecule has 0 bridgehead atoms. The number of amides is 1. The van der Waals surface area contributed by atoms with E-state index in [2.05, 4.69) is 10.2 Å². The molecule has 0 radical (unpaired) electrons. The zero-order chi connectivity index (χ0) is 10.5. The van der Waals surface area contributed by atoms with Crippen molar-refractivity contribution in [3.8, 4) is 0 Å². The fraction of sp³-hybridized carbons (Fsp3) is 0.833. The number of carbonyl (C=O) groups excluding carboxylic acids is 1. The van der Waals surface area contributed by atoms with Crippen molar-refractivity contribution in [3.63, 3.8) is 0 Å². The van der Waals surface area contributed by atoms with E-state index in [0.717, 1.165) is 0 Å². The predicted octanol–water partition coefficient (Wildman–Crippen LogP) is 0.204. The number of hydrogen-bond acceptors (Lipinski definition) is 3. The third-order valence-corrected chi connectivity index (χ3v) is 1.23. The number of hydrogen-bond donors (Lipinski definition) is 2. The molecule has 2 N–H and O–H groups in total. The van der Waals surface area contributed by atoms with E-state index in [9.17, 15) is 18.0 Å². The van der Waals surface area contributed by atoms with E-state index in [0.29, 0.717) is 0 Å². The summed E-state index contributed by atoms with van der Waals surface area (Å²) in [5.74, 6) is -0.647. The summed E-state index contributed by atoms with van der Waals surface area (Å²) in [4.78, 5) is 14.7. The Morgan fingerprint density at radius 1 is 1.54 bits per heavy atom. The number of alkyl halides is 3. The average Bonchev–Trinajstić information content (AvgIpc) is 2.00. The van der Waals surface area contributed by atoms with Gasteiger partial charge in [-0.1, -0.05) is 0 Å². The van der Waals surface area contributed by atoms with Crippen molar-refractivity contribution < 1.29 is 22.8 Å². The second-order valence-electron chi connectivity index (χ2n) is 2.38. The molecule has 0 saturated heterocycles. The lowest BCUT2D eigenvalue weighted by Gasteiger charge is -2.11. The molecule has 1 atom stereocenters.